The largest absolute Gasteiger partial charge is 0.468 e. The number of nitrogens with one attached hydrogen (secondary N) is 1. The number of nitrogens with zero attached hydrogens (tertiary/aromatic N) is 3. The Bertz CT molecular complexity index is 433. The summed E-state index contributed by atoms with van der Waals surface area (Å²) < 4.78 is 4.61. The molecule has 0 bridgehead atoms. The second-order valence-corrected chi connectivity index (χ2v) is 3.73. The second kappa shape index (κ2) is 7.30. The Morgan fingerprint density at radius 2 is 2.05 bits per heavy atom. The Morgan fingerprint density at radius 3 is 2.53 bits per heavy atom. The molecule has 7 nitrogen and oxygen atoms in total. The van der Waals surface area contributed by atoms with Crippen molar-refractivity contribution in [1.82, 2.24) is 15.5 Å². The summed E-state index contributed by atoms with van der Waals surface area (Å²) in [4.78, 5) is 24.5. The van der Waals surface area contributed by atoms with Gasteiger partial charge in [0.05, 0.1) is 7.11 Å². The lowest BCUT2D eigenvalue weighted by molar-refractivity contribution is -0.138. The summed E-state index contributed by atoms with van der Waals surface area (Å²) in [5.41, 5.74) is 0.250. The van der Waals surface area contributed by atoms with E-state index in [4.69, 9.17) is 0 Å². The van der Waals surface area contributed by atoms with Crippen LogP contribution in [0.4, 0.5) is 5.82 Å². The van der Waals surface area contributed by atoms with Crippen molar-refractivity contribution < 1.29 is 14.3 Å². The molecule has 1 amide bonds. The van der Waals surface area contributed by atoms with Crippen molar-refractivity contribution in [1.29, 1.82) is 0 Å². The molecular formula is C12H18N4O3. The minimum absolute atomic E-state index is 0.0994. The molecule has 0 spiro atoms. The first-order chi connectivity index (χ1) is 9.12. The van der Waals surface area contributed by atoms with E-state index in [9.17, 15) is 9.59 Å². The van der Waals surface area contributed by atoms with Crippen molar-refractivity contribution in [3.8, 4) is 0 Å². The summed E-state index contributed by atoms with van der Waals surface area (Å²) in [6, 6.07) is 3.23. The van der Waals surface area contributed by atoms with Crippen molar-refractivity contribution >= 4 is 17.7 Å². The second-order valence-electron chi connectivity index (χ2n) is 3.73. The number of hydrogen-bond acceptors (Lipinski definition) is 6. The van der Waals surface area contributed by atoms with Crippen molar-refractivity contribution in [3.63, 3.8) is 0 Å². The van der Waals surface area contributed by atoms with E-state index in [1.165, 1.54) is 7.11 Å². The molecule has 0 saturated carbocycles. The Morgan fingerprint density at radius 1 is 1.32 bits per heavy atom. The maximum Gasteiger partial charge on any atom is 0.325 e. The van der Waals surface area contributed by atoms with Crippen molar-refractivity contribution in [2.24, 2.45) is 0 Å². The van der Waals surface area contributed by atoms with Gasteiger partial charge in [0.15, 0.2) is 11.5 Å². The molecule has 0 aliphatic rings. The lowest BCUT2D eigenvalue weighted by atomic mass is 10.3. The highest BCUT2D eigenvalue weighted by Crippen LogP contribution is 2.09. The van der Waals surface area contributed by atoms with Gasteiger partial charge in [-0.25, -0.2) is 0 Å². The molecule has 0 aliphatic carbocycles. The van der Waals surface area contributed by atoms with Gasteiger partial charge >= 0.3 is 5.97 Å². The number of likely N-dealkylation sites (N-methyl/N-ethyl adjacent to an activating group) is 1. The fraction of sp³-hybridized carbons (Fsp3) is 0.500. The fourth-order valence-corrected chi connectivity index (χ4v) is 1.44. The standard InChI is InChI=1S/C12H18N4O3/c1-4-13-12(18)9-6-7-10(15-14-9)16(5-2)8-11(17)19-3/h6-7H,4-5,8H2,1-3H3,(H,13,18). The van der Waals surface area contributed by atoms with Gasteiger partial charge in [0.25, 0.3) is 5.91 Å². The number of methoxy groups -OCH3 is 1. The Kier molecular flexibility index (Phi) is 5.72. The Balaban J connectivity index is 2.78. The number of carbonyl (C=O) groups is 2. The minimum atomic E-state index is -0.351. The van der Waals surface area contributed by atoms with E-state index in [1.54, 1.807) is 17.0 Å². The Hall–Kier alpha value is -2.18. The number of esters is 1. The lowest BCUT2D eigenvalue weighted by Gasteiger charge is -2.19. The number of anilines is 1. The zero-order valence-electron chi connectivity index (χ0n) is 11.3. The van der Waals surface area contributed by atoms with Gasteiger partial charge in [-0.2, -0.15) is 0 Å². The number of amides is 1. The molecular weight excluding hydrogens is 248 g/mol. The number of ether oxygens (including phenoxy) is 1. The van der Waals surface area contributed by atoms with Crippen molar-refractivity contribution in [2.45, 2.75) is 13.8 Å². The van der Waals surface area contributed by atoms with E-state index in [0.717, 1.165) is 0 Å². The van der Waals surface area contributed by atoms with Gasteiger partial charge < -0.3 is 15.0 Å². The van der Waals surface area contributed by atoms with Gasteiger partial charge in [-0.1, -0.05) is 0 Å². The third kappa shape index (κ3) is 4.20. The van der Waals surface area contributed by atoms with E-state index < -0.39 is 0 Å². The summed E-state index contributed by atoms with van der Waals surface area (Å²) in [7, 11) is 1.33. The molecule has 7 heteroatoms. The van der Waals surface area contributed by atoms with E-state index in [-0.39, 0.29) is 24.1 Å². The molecule has 1 N–H and O–H groups in total. The molecule has 0 atom stereocenters. The molecule has 1 aromatic heterocycles. The summed E-state index contributed by atoms with van der Waals surface area (Å²) in [5.74, 6) is -0.0880. The highest BCUT2D eigenvalue weighted by atomic mass is 16.5. The highest BCUT2D eigenvalue weighted by molar-refractivity contribution is 5.92. The Labute approximate surface area is 112 Å². The maximum atomic E-state index is 11.5. The van der Waals surface area contributed by atoms with Gasteiger partial charge in [0, 0.05) is 13.1 Å². The molecule has 0 aromatic carbocycles. The van der Waals surface area contributed by atoms with E-state index >= 15 is 0 Å². The molecule has 19 heavy (non-hydrogen) atoms. The van der Waals surface area contributed by atoms with Gasteiger partial charge in [-0.05, 0) is 26.0 Å². The van der Waals surface area contributed by atoms with Crippen LogP contribution in [-0.4, -0.2) is 48.8 Å². The molecule has 0 unspecified atom stereocenters. The van der Waals surface area contributed by atoms with Crippen LogP contribution in [0.25, 0.3) is 0 Å². The minimum Gasteiger partial charge on any atom is -0.468 e. The molecule has 1 rings (SSSR count). The molecule has 104 valence electrons. The molecule has 0 aliphatic heterocycles. The fourth-order valence-electron chi connectivity index (χ4n) is 1.44. The first-order valence-electron chi connectivity index (χ1n) is 6.06. The number of carbonyl (C=O) groups excluding carboxylic acids is 2. The van der Waals surface area contributed by atoms with Crippen LogP contribution in [0.1, 0.15) is 24.3 Å². The zero-order valence-corrected chi connectivity index (χ0v) is 11.3. The third-order valence-corrected chi connectivity index (χ3v) is 2.47. The molecule has 1 heterocycles. The van der Waals surface area contributed by atoms with E-state index in [1.807, 2.05) is 13.8 Å². The van der Waals surface area contributed by atoms with Gasteiger partial charge in [0.1, 0.15) is 6.54 Å². The highest BCUT2D eigenvalue weighted by Gasteiger charge is 2.13. The molecule has 0 saturated heterocycles. The normalized spacial score (nSPS) is 9.84. The summed E-state index contributed by atoms with van der Waals surface area (Å²) >= 11 is 0. The van der Waals surface area contributed by atoms with Crippen LogP contribution >= 0.6 is 0 Å². The van der Waals surface area contributed by atoms with Crippen LogP contribution in [0.5, 0.6) is 0 Å². The summed E-state index contributed by atoms with van der Waals surface area (Å²) in [6.07, 6.45) is 0. The number of rotatable bonds is 6. The van der Waals surface area contributed by atoms with Crippen LogP contribution in [0.3, 0.4) is 0 Å². The smallest absolute Gasteiger partial charge is 0.325 e. The lowest BCUT2D eigenvalue weighted by Crippen LogP contribution is -2.31. The quantitative estimate of drug-likeness (QED) is 0.742. The van der Waals surface area contributed by atoms with Crippen molar-refractivity contribution in [2.75, 3.05) is 31.6 Å². The average molecular weight is 266 g/mol. The van der Waals surface area contributed by atoms with Crippen LogP contribution < -0.4 is 10.2 Å². The predicted octanol–water partition coefficient (Wildman–Crippen LogP) is 0.226. The van der Waals surface area contributed by atoms with Gasteiger partial charge in [-0.15, -0.1) is 10.2 Å². The summed E-state index contributed by atoms with van der Waals surface area (Å²) in [5, 5.41) is 10.4. The monoisotopic (exact) mass is 266 g/mol. The first kappa shape index (κ1) is 14.9. The molecule has 0 radical (unpaired) electrons. The predicted molar refractivity (Wildman–Crippen MR) is 69.9 cm³/mol. The average Bonchev–Trinajstić information content (AvgIpc) is 2.45. The van der Waals surface area contributed by atoms with Crippen molar-refractivity contribution in [3.05, 3.63) is 17.8 Å². The summed E-state index contributed by atoms with van der Waals surface area (Å²) in [6.45, 7) is 4.94. The zero-order chi connectivity index (χ0) is 14.3. The molecule has 0 fully saturated rings. The van der Waals surface area contributed by atoms with Gasteiger partial charge in [0.2, 0.25) is 0 Å². The third-order valence-electron chi connectivity index (χ3n) is 2.47. The van der Waals surface area contributed by atoms with Crippen LogP contribution in [0.15, 0.2) is 12.1 Å². The van der Waals surface area contributed by atoms with E-state index in [0.29, 0.717) is 18.9 Å². The topological polar surface area (TPSA) is 84.4 Å². The van der Waals surface area contributed by atoms with Crippen LogP contribution in [0.2, 0.25) is 0 Å². The maximum absolute atomic E-state index is 11.5. The van der Waals surface area contributed by atoms with Crippen LogP contribution in [0, 0.1) is 0 Å². The van der Waals surface area contributed by atoms with E-state index in [2.05, 4.69) is 20.3 Å². The molecule has 1 aromatic rings. The number of hydrogen-bond donors (Lipinski definition) is 1. The SMILES string of the molecule is CCNC(=O)c1ccc(N(CC)CC(=O)OC)nn1. The van der Waals surface area contributed by atoms with Gasteiger partial charge in [-0.3, -0.25) is 9.59 Å². The number of aromatic nitrogens is 2. The first-order valence-corrected chi connectivity index (χ1v) is 6.06. The van der Waals surface area contributed by atoms with Crippen LogP contribution in [-0.2, 0) is 9.53 Å².